The van der Waals surface area contributed by atoms with Crippen LogP contribution in [0.5, 0.6) is 11.5 Å². The topological polar surface area (TPSA) is 63.7 Å². The Hall–Kier alpha value is -3.54. The Morgan fingerprint density at radius 2 is 1.75 bits per heavy atom. The number of methoxy groups -OCH3 is 1. The number of pyridine rings is 1. The molecule has 3 rings (SSSR count). The van der Waals surface area contributed by atoms with Gasteiger partial charge in [0.2, 0.25) is 0 Å². The lowest BCUT2D eigenvalue weighted by molar-refractivity contribution is 0.0992. The third-order valence-corrected chi connectivity index (χ3v) is 4.19. The molecule has 6 nitrogen and oxygen atoms in total. The van der Waals surface area contributed by atoms with Gasteiger partial charge in [0.25, 0.3) is 5.91 Å². The molecule has 6 heteroatoms. The lowest BCUT2D eigenvalue weighted by Crippen LogP contribution is -2.26. The first-order valence-corrected chi connectivity index (χ1v) is 8.96. The van der Waals surface area contributed by atoms with Crippen LogP contribution in [0, 0.1) is 0 Å². The standard InChI is InChI=1S/C22H23N3O3/c1-25(19-6-4-3-5-7-19)22(26)17-14-18(16-23-15-17)24-12-13-28-21-10-8-20(27-2)9-11-21/h3-11,14-16,24H,12-13H2,1-2H3. The van der Waals surface area contributed by atoms with Gasteiger partial charge in [-0.15, -0.1) is 0 Å². The molecule has 0 atom stereocenters. The maximum absolute atomic E-state index is 12.7. The van der Waals surface area contributed by atoms with Gasteiger partial charge in [-0.2, -0.15) is 0 Å². The van der Waals surface area contributed by atoms with Gasteiger partial charge < -0.3 is 19.7 Å². The molecule has 0 saturated heterocycles. The fourth-order valence-corrected chi connectivity index (χ4v) is 2.65. The van der Waals surface area contributed by atoms with Crippen LogP contribution in [0.1, 0.15) is 10.4 Å². The summed E-state index contributed by atoms with van der Waals surface area (Å²) in [6, 6.07) is 18.7. The van der Waals surface area contributed by atoms with Crippen LogP contribution in [0.25, 0.3) is 0 Å². The Balaban J connectivity index is 1.53. The van der Waals surface area contributed by atoms with Crippen LogP contribution in [0.15, 0.2) is 73.1 Å². The summed E-state index contributed by atoms with van der Waals surface area (Å²) in [6.07, 6.45) is 3.26. The van der Waals surface area contributed by atoms with Crippen molar-refractivity contribution >= 4 is 17.3 Å². The average molecular weight is 377 g/mol. The third-order valence-electron chi connectivity index (χ3n) is 4.19. The molecule has 0 saturated carbocycles. The van der Waals surface area contributed by atoms with Gasteiger partial charge in [0.15, 0.2) is 0 Å². The van der Waals surface area contributed by atoms with Crippen molar-refractivity contribution in [2.45, 2.75) is 0 Å². The first kappa shape index (κ1) is 19.2. The zero-order valence-corrected chi connectivity index (χ0v) is 16.0. The third kappa shape index (κ3) is 5.01. The van der Waals surface area contributed by atoms with Gasteiger partial charge in [-0.1, -0.05) is 18.2 Å². The number of nitrogens with zero attached hydrogens (tertiary/aromatic N) is 2. The number of benzene rings is 2. The summed E-state index contributed by atoms with van der Waals surface area (Å²) >= 11 is 0. The van der Waals surface area contributed by atoms with E-state index >= 15 is 0 Å². The Bertz CT molecular complexity index is 898. The Labute approximate surface area is 164 Å². The quantitative estimate of drug-likeness (QED) is 0.604. The largest absolute Gasteiger partial charge is 0.497 e. The molecule has 0 spiro atoms. The maximum atomic E-state index is 12.7. The summed E-state index contributed by atoms with van der Waals surface area (Å²) in [4.78, 5) is 18.5. The number of hydrogen-bond acceptors (Lipinski definition) is 5. The number of carbonyl (C=O) groups is 1. The highest BCUT2D eigenvalue weighted by Crippen LogP contribution is 2.18. The minimum atomic E-state index is -0.114. The van der Waals surface area contributed by atoms with Crippen molar-refractivity contribution in [3.8, 4) is 11.5 Å². The second-order valence-corrected chi connectivity index (χ2v) is 6.11. The summed E-state index contributed by atoms with van der Waals surface area (Å²) < 4.78 is 10.8. The normalized spacial score (nSPS) is 10.2. The maximum Gasteiger partial charge on any atom is 0.259 e. The van der Waals surface area contributed by atoms with E-state index in [4.69, 9.17) is 9.47 Å². The molecule has 0 radical (unpaired) electrons. The highest BCUT2D eigenvalue weighted by Gasteiger charge is 2.14. The monoisotopic (exact) mass is 377 g/mol. The molecule has 0 fully saturated rings. The molecule has 1 amide bonds. The summed E-state index contributed by atoms with van der Waals surface area (Å²) in [6.45, 7) is 1.06. The zero-order valence-electron chi connectivity index (χ0n) is 16.0. The van der Waals surface area contributed by atoms with Gasteiger partial charge in [0.1, 0.15) is 18.1 Å². The lowest BCUT2D eigenvalue weighted by Gasteiger charge is -2.17. The zero-order chi connectivity index (χ0) is 19.8. The van der Waals surface area contributed by atoms with Crippen molar-refractivity contribution in [3.05, 3.63) is 78.6 Å². The molecular weight excluding hydrogens is 354 g/mol. The predicted octanol–water partition coefficient (Wildman–Crippen LogP) is 3.86. The van der Waals surface area contributed by atoms with E-state index < -0.39 is 0 Å². The van der Waals surface area contributed by atoms with E-state index in [2.05, 4.69) is 10.3 Å². The highest BCUT2D eigenvalue weighted by atomic mass is 16.5. The number of carbonyl (C=O) groups excluding carboxylic acids is 1. The second-order valence-electron chi connectivity index (χ2n) is 6.11. The van der Waals surface area contributed by atoms with Gasteiger partial charge in [-0.25, -0.2) is 0 Å². The second kappa shape index (κ2) is 9.41. The fourth-order valence-electron chi connectivity index (χ4n) is 2.65. The van der Waals surface area contributed by atoms with Crippen molar-refractivity contribution in [2.24, 2.45) is 0 Å². The van der Waals surface area contributed by atoms with Gasteiger partial charge in [-0.05, 0) is 42.5 Å². The fraction of sp³-hybridized carbons (Fsp3) is 0.182. The molecule has 0 unspecified atom stereocenters. The van der Waals surface area contributed by atoms with E-state index in [1.54, 1.807) is 37.5 Å². The number of ether oxygens (including phenoxy) is 2. The number of para-hydroxylation sites is 1. The molecular formula is C22H23N3O3. The van der Waals surface area contributed by atoms with E-state index in [9.17, 15) is 4.79 Å². The molecule has 0 bridgehead atoms. The molecule has 1 heterocycles. The molecule has 28 heavy (non-hydrogen) atoms. The van der Waals surface area contributed by atoms with Crippen LogP contribution < -0.4 is 19.7 Å². The van der Waals surface area contributed by atoms with Gasteiger partial charge >= 0.3 is 0 Å². The van der Waals surface area contributed by atoms with E-state index in [1.165, 1.54) is 0 Å². The van der Waals surface area contributed by atoms with Gasteiger partial charge in [0, 0.05) is 31.7 Å². The van der Waals surface area contributed by atoms with Gasteiger partial charge in [-0.3, -0.25) is 9.78 Å². The van der Waals surface area contributed by atoms with E-state index in [-0.39, 0.29) is 5.91 Å². The first-order valence-electron chi connectivity index (χ1n) is 8.96. The molecule has 0 aliphatic heterocycles. The number of nitrogens with one attached hydrogen (secondary N) is 1. The smallest absolute Gasteiger partial charge is 0.259 e. The van der Waals surface area contributed by atoms with E-state index in [0.717, 1.165) is 22.9 Å². The first-order chi connectivity index (χ1) is 13.7. The van der Waals surface area contributed by atoms with Crippen LogP contribution in [-0.2, 0) is 0 Å². The predicted molar refractivity (Wildman–Crippen MR) is 110 cm³/mol. The van der Waals surface area contributed by atoms with Crippen LogP contribution in [0.4, 0.5) is 11.4 Å². The van der Waals surface area contributed by atoms with Crippen LogP contribution in [-0.4, -0.2) is 38.2 Å². The van der Waals surface area contributed by atoms with Crippen molar-refractivity contribution in [2.75, 3.05) is 37.5 Å². The number of amides is 1. The average Bonchev–Trinajstić information content (AvgIpc) is 2.77. The van der Waals surface area contributed by atoms with E-state index in [0.29, 0.717) is 18.7 Å². The molecule has 1 aromatic heterocycles. The van der Waals surface area contributed by atoms with Crippen molar-refractivity contribution in [3.63, 3.8) is 0 Å². The number of rotatable bonds is 8. The molecule has 144 valence electrons. The van der Waals surface area contributed by atoms with Crippen molar-refractivity contribution in [1.82, 2.24) is 4.98 Å². The van der Waals surface area contributed by atoms with Crippen molar-refractivity contribution < 1.29 is 14.3 Å². The van der Waals surface area contributed by atoms with Crippen LogP contribution in [0.3, 0.4) is 0 Å². The summed E-state index contributed by atoms with van der Waals surface area (Å²) in [5.41, 5.74) is 2.12. The van der Waals surface area contributed by atoms with Gasteiger partial charge in [0.05, 0.1) is 18.4 Å². The minimum Gasteiger partial charge on any atom is -0.497 e. The minimum absolute atomic E-state index is 0.114. The Morgan fingerprint density at radius 3 is 2.46 bits per heavy atom. The lowest BCUT2D eigenvalue weighted by atomic mass is 10.2. The number of aromatic nitrogens is 1. The highest BCUT2D eigenvalue weighted by molar-refractivity contribution is 6.05. The molecule has 0 aliphatic carbocycles. The summed E-state index contributed by atoms with van der Waals surface area (Å²) in [7, 11) is 3.38. The summed E-state index contributed by atoms with van der Waals surface area (Å²) in [5.74, 6) is 1.45. The SMILES string of the molecule is COc1ccc(OCCNc2cncc(C(=O)N(C)c3ccccc3)c2)cc1. The van der Waals surface area contributed by atoms with E-state index in [1.807, 2.05) is 54.6 Å². The number of hydrogen-bond donors (Lipinski definition) is 1. The molecule has 1 N–H and O–H groups in total. The summed E-state index contributed by atoms with van der Waals surface area (Å²) in [5, 5.41) is 3.23. The van der Waals surface area contributed by atoms with Crippen molar-refractivity contribution in [1.29, 1.82) is 0 Å². The Morgan fingerprint density at radius 1 is 1.04 bits per heavy atom. The molecule has 2 aromatic carbocycles. The molecule has 0 aliphatic rings. The van der Waals surface area contributed by atoms with Crippen LogP contribution >= 0.6 is 0 Å². The Kier molecular flexibility index (Phi) is 6.46. The molecule has 3 aromatic rings. The number of anilines is 2. The van der Waals surface area contributed by atoms with Crippen LogP contribution in [0.2, 0.25) is 0 Å².